The number of hydrogen-bond acceptors (Lipinski definition) is 2. The first-order valence-corrected chi connectivity index (χ1v) is 7.26. The number of methoxy groups -OCH3 is 1. The molecule has 0 aliphatic carbocycles. The lowest BCUT2D eigenvalue weighted by atomic mass is 9.97. The molecular weight excluding hydrogens is 250 g/mol. The fourth-order valence-electron chi connectivity index (χ4n) is 2.85. The Morgan fingerprint density at radius 1 is 1.30 bits per heavy atom. The van der Waals surface area contributed by atoms with Gasteiger partial charge in [-0.25, -0.2) is 0 Å². The number of likely N-dealkylation sites (tertiary alicyclic amines) is 1. The molecule has 1 fully saturated rings. The number of carbonyl (C=O) groups is 1. The summed E-state index contributed by atoms with van der Waals surface area (Å²) in [6.07, 6.45) is 6.95. The van der Waals surface area contributed by atoms with Crippen molar-refractivity contribution < 1.29 is 9.53 Å². The summed E-state index contributed by atoms with van der Waals surface area (Å²) in [6, 6.07) is 8.38. The molecule has 2 atom stereocenters. The van der Waals surface area contributed by atoms with Gasteiger partial charge < -0.3 is 9.64 Å². The van der Waals surface area contributed by atoms with Gasteiger partial charge in [-0.05, 0) is 56.9 Å². The fraction of sp³-hybridized carbons (Fsp3) is 0.471. The van der Waals surface area contributed by atoms with Crippen LogP contribution in [0.4, 0.5) is 0 Å². The van der Waals surface area contributed by atoms with Crippen LogP contribution in [0, 0.1) is 0 Å². The van der Waals surface area contributed by atoms with E-state index in [2.05, 4.69) is 13.8 Å². The van der Waals surface area contributed by atoms with E-state index in [0.717, 1.165) is 24.2 Å². The third-order valence-corrected chi connectivity index (χ3v) is 3.96. The molecule has 0 N–H and O–H groups in total. The predicted octanol–water partition coefficient (Wildman–Crippen LogP) is 3.50. The molecule has 0 bridgehead atoms. The Morgan fingerprint density at radius 3 is 2.65 bits per heavy atom. The van der Waals surface area contributed by atoms with Gasteiger partial charge in [-0.1, -0.05) is 12.1 Å². The van der Waals surface area contributed by atoms with Crippen molar-refractivity contribution in [1.29, 1.82) is 0 Å². The van der Waals surface area contributed by atoms with Gasteiger partial charge in [0.05, 0.1) is 7.11 Å². The molecule has 0 radical (unpaired) electrons. The van der Waals surface area contributed by atoms with Gasteiger partial charge in [0.2, 0.25) is 5.91 Å². The highest BCUT2D eigenvalue weighted by Crippen LogP contribution is 2.23. The van der Waals surface area contributed by atoms with Crippen LogP contribution >= 0.6 is 0 Å². The van der Waals surface area contributed by atoms with E-state index in [1.807, 2.05) is 35.2 Å². The van der Waals surface area contributed by atoms with Gasteiger partial charge in [-0.2, -0.15) is 0 Å². The van der Waals surface area contributed by atoms with Gasteiger partial charge >= 0.3 is 0 Å². The number of benzene rings is 1. The number of amides is 1. The standard InChI is InChI=1S/C17H23NO2/c1-13-6-4-7-14(2)18(13)17(19)11-10-15-8-5-9-16(12-15)20-3/h5,8-14H,4,6-7H2,1-3H3/b11-10+. The molecule has 1 aliphatic rings. The average molecular weight is 273 g/mol. The van der Waals surface area contributed by atoms with Gasteiger partial charge in [0.15, 0.2) is 0 Å². The number of ether oxygens (including phenoxy) is 1. The van der Waals surface area contributed by atoms with Crippen LogP contribution < -0.4 is 4.74 Å². The Labute approximate surface area is 121 Å². The SMILES string of the molecule is COc1cccc(/C=C/C(=O)N2C(C)CCCC2C)c1. The molecule has 1 saturated heterocycles. The van der Waals surface area contributed by atoms with E-state index in [0.29, 0.717) is 12.1 Å². The minimum absolute atomic E-state index is 0.104. The number of hydrogen-bond donors (Lipinski definition) is 0. The topological polar surface area (TPSA) is 29.5 Å². The van der Waals surface area contributed by atoms with E-state index in [1.54, 1.807) is 13.2 Å². The first-order chi connectivity index (χ1) is 9.61. The molecule has 108 valence electrons. The van der Waals surface area contributed by atoms with E-state index < -0.39 is 0 Å². The smallest absolute Gasteiger partial charge is 0.247 e. The zero-order chi connectivity index (χ0) is 14.5. The highest BCUT2D eigenvalue weighted by atomic mass is 16.5. The van der Waals surface area contributed by atoms with Crippen LogP contribution in [0.5, 0.6) is 5.75 Å². The van der Waals surface area contributed by atoms with Crippen molar-refractivity contribution in [3.63, 3.8) is 0 Å². The summed E-state index contributed by atoms with van der Waals surface area (Å²) in [7, 11) is 1.64. The van der Waals surface area contributed by atoms with Crippen molar-refractivity contribution in [2.24, 2.45) is 0 Å². The van der Waals surface area contributed by atoms with Crippen molar-refractivity contribution in [3.05, 3.63) is 35.9 Å². The summed E-state index contributed by atoms with van der Waals surface area (Å²) in [5, 5.41) is 0. The van der Waals surface area contributed by atoms with Crippen molar-refractivity contribution in [2.75, 3.05) is 7.11 Å². The normalized spacial score (nSPS) is 23.1. The van der Waals surface area contributed by atoms with Crippen LogP contribution in [0.2, 0.25) is 0 Å². The third kappa shape index (κ3) is 3.41. The largest absolute Gasteiger partial charge is 0.497 e. The Hall–Kier alpha value is -1.77. The molecule has 2 rings (SSSR count). The predicted molar refractivity (Wildman–Crippen MR) is 81.6 cm³/mol. The molecular formula is C17H23NO2. The summed E-state index contributed by atoms with van der Waals surface area (Å²) >= 11 is 0. The zero-order valence-electron chi connectivity index (χ0n) is 12.5. The maximum atomic E-state index is 12.4. The highest BCUT2D eigenvalue weighted by molar-refractivity contribution is 5.92. The van der Waals surface area contributed by atoms with Gasteiger partial charge in [0.1, 0.15) is 5.75 Å². The lowest BCUT2D eigenvalue weighted by Gasteiger charge is -2.38. The van der Waals surface area contributed by atoms with E-state index in [9.17, 15) is 4.79 Å². The van der Waals surface area contributed by atoms with E-state index in [1.165, 1.54) is 6.42 Å². The molecule has 1 aromatic rings. The molecule has 0 saturated carbocycles. The summed E-state index contributed by atoms with van der Waals surface area (Å²) in [6.45, 7) is 4.26. The Morgan fingerprint density at radius 2 is 2.00 bits per heavy atom. The van der Waals surface area contributed by atoms with Crippen LogP contribution in [-0.4, -0.2) is 30.0 Å². The highest BCUT2D eigenvalue weighted by Gasteiger charge is 2.27. The molecule has 3 heteroatoms. The first kappa shape index (κ1) is 14.6. The van der Waals surface area contributed by atoms with Crippen LogP contribution in [0.3, 0.4) is 0 Å². The maximum absolute atomic E-state index is 12.4. The lowest BCUT2D eigenvalue weighted by molar-refractivity contribution is -0.131. The molecule has 3 nitrogen and oxygen atoms in total. The number of rotatable bonds is 3. The minimum atomic E-state index is 0.104. The molecule has 2 unspecified atom stereocenters. The van der Waals surface area contributed by atoms with Crippen molar-refractivity contribution in [2.45, 2.75) is 45.2 Å². The minimum Gasteiger partial charge on any atom is -0.497 e. The molecule has 1 heterocycles. The Kier molecular flexibility index (Phi) is 4.83. The zero-order valence-corrected chi connectivity index (χ0v) is 12.5. The number of nitrogens with zero attached hydrogens (tertiary/aromatic N) is 1. The van der Waals surface area contributed by atoms with Crippen LogP contribution in [0.15, 0.2) is 30.3 Å². The second-order valence-electron chi connectivity index (χ2n) is 5.48. The average Bonchev–Trinajstić information content (AvgIpc) is 2.45. The van der Waals surface area contributed by atoms with E-state index in [4.69, 9.17) is 4.74 Å². The molecule has 1 aliphatic heterocycles. The van der Waals surface area contributed by atoms with Crippen molar-refractivity contribution in [3.8, 4) is 5.75 Å². The molecule has 1 amide bonds. The second-order valence-corrected chi connectivity index (χ2v) is 5.48. The molecule has 0 spiro atoms. The van der Waals surface area contributed by atoms with Gasteiger partial charge in [-0.15, -0.1) is 0 Å². The molecule has 1 aromatic carbocycles. The molecule has 20 heavy (non-hydrogen) atoms. The van der Waals surface area contributed by atoms with E-state index >= 15 is 0 Å². The first-order valence-electron chi connectivity index (χ1n) is 7.26. The van der Waals surface area contributed by atoms with Gasteiger partial charge in [0.25, 0.3) is 0 Å². The maximum Gasteiger partial charge on any atom is 0.247 e. The summed E-state index contributed by atoms with van der Waals surface area (Å²) < 4.78 is 5.18. The van der Waals surface area contributed by atoms with Gasteiger partial charge in [-0.3, -0.25) is 4.79 Å². The summed E-state index contributed by atoms with van der Waals surface area (Å²) in [5.41, 5.74) is 0.981. The van der Waals surface area contributed by atoms with Crippen molar-refractivity contribution in [1.82, 2.24) is 4.90 Å². The third-order valence-electron chi connectivity index (χ3n) is 3.96. The summed E-state index contributed by atoms with van der Waals surface area (Å²) in [5.74, 6) is 0.909. The van der Waals surface area contributed by atoms with Crippen LogP contribution in [0.25, 0.3) is 6.08 Å². The van der Waals surface area contributed by atoms with Crippen molar-refractivity contribution >= 4 is 12.0 Å². The summed E-state index contributed by atoms with van der Waals surface area (Å²) in [4.78, 5) is 14.4. The van der Waals surface area contributed by atoms with Crippen LogP contribution in [-0.2, 0) is 4.79 Å². The number of piperidine rings is 1. The Bertz CT molecular complexity index is 486. The number of carbonyl (C=O) groups excluding carboxylic acids is 1. The quantitative estimate of drug-likeness (QED) is 0.789. The van der Waals surface area contributed by atoms with Gasteiger partial charge in [0, 0.05) is 18.2 Å². The Balaban J connectivity index is 2.07. The second kappa shape index (κ2) is 6.60. The van der Waals surface area contributed by atoms with Crippen LogP contribution in [0.1, 0.15) is 38.7 Å². The molecule has 0 aromatic heterocycles. The fourth-order valence-corrected chi connectivity index (χ4v) is 2.85. The van der Waals surface area contributed by atoms with E-state index in [-0.39, 0.29) is 5.91 Å². The lowest BCUT2D eigenvalue weighted by Crippen LogP contribution is -2.46. The monoisotopic (exact) mass is 273 g/mol.